The van der Waals surface area contributed by atoms with Gasteiger partial charge in [0.1, 0.15) is 0 Å². The van der Waals surface area contributed by atoms with Crippen molar-refractivity contribution in [2.75, 3.05) is 0 Å². The molecule has 40 heavy (non-hydrogen) atoms. The Labute approximate surface area is 254 Å². The maximum absolute atomic E-state index is 7.69. The van der Waals surface area contributed by atoms with Crippen LogP contribution in [0.1, 0.15) is 194 Å². The molecule has 0 bridgehead atoms. The molecule has 0 unspecified atom stereocenters. The maximum Gasteiger partial charge on any atom is 0.246 e. The summed E-state index contributed by atoms with van der Waals surface area (Å²) in [5.41, 5.74) is 2.62. The lowest BCUT2D eigenvalue weighted by atomic mass is 9.98. The van der Waals surface area contributed by atoms with Crippen LogP contribution < -0.4 is 0 Å². The molecule has 0 aliphatic heterocycles. The predicted octanol–water partition coefficient (Wildman–Crippen LogP) is 13.6. The van der Waals surface area contributed by atoms with Crippen LogP contribution in [0.2, 0.25) is 34.8 Å². The number of rotatable bonds is 21. The van der Waals surface area contributed by atoms with E-state index in [0.29, 0.717) is 0 Å². The van der Waals surface area contributed by atoms with Crippen LogP contribution in [0, 0.1) is 0 Å². The van der Waals surface area contributed by atoms with Gasteiger partial charge in [-0.2, -0.15) is 0 Å². The second kappa shape index (κ2) is 20.3. The molecular weight excluding hydrogens is 521 g/mol. The molecule has 0 spiro atoms. The molecule has 0 atom stereocenters. The highest BCUT2D eigenvalue weighted by atomic mass is 28.4. The van der Waals surface area contributed by atoms with Gasteiger partial charge in [-0.25, -0.2) is 0 Å². The van der Waals surface area contributed by atoms with Crippen LogP contribution in [0.15, 0.2) is 0 Å². The minimum Gasteiger partial charge on any atom is -0.297 e. The van der Waals surface area contributed by atoms with E-state index in [1.165, 1.54) is 191 Å². The van der Waals surface area contributed by atoms with Crippen LogP contribution in [-0.2, 0) is 9.15 Å². The largest absolute Gasteiger partial charge is 0.297 e. The molecule has 3 aliphatic carbocycles. The fourth-order valence-corrected chi connectivity index (χ4v) is 20.5. The van der Waals surface area contributed by atoms with Crippen LogP contribution in [-0.4, -0.2) is 16.6 Å². The fourth-order valence-electron chi connectivity index (χ4n) is 9.15. The molecule has 3 fully saturated rings. The van der Waals surface area contributed by atoms with Crippen molar-refractivity contribution in [3.8, 4) is 0 Å². The van der Waals surface area contributed by atoms with Gasteiger partial charge in [0.25, 0.3) is 0 Å². The Kier molecular flexibility index (Phi) is 17.7. The molecule has 3 rings (SSSR count). The lowest BCUT2D eigenvalue weighted by Gasteiger charge is -2.52. The molecule has 0 aromatic rings. The summed E-state index contributed by atoms with van der Waals surface area (Å²) in [6, 6.07) is 4.11. The first-order valence-electron chi connectivity index (χ1n) is 19.1. The van der Waals surface area contributed by atoms with E-state index < -0.39 is 16.6 Å². The van der Waals surface area contributed by atoms with E-state index in [0.717, 1.165) is 16.6 Å². The zero-order chi connectivity index (χ0) is 28.4. The molecule has 2 nitrogen and oxygen atoms in total. The Morgan fingerprint density at radius 1 is 0.400 bits per heavy atom. The summed E-state index contributed by atoms with van der Waals surface area (Å²) >= 11 is 0. The average molecular weight is 593 g/mol. The van der Waals surface area contributed by atoms with Gasteiger partial charge in [-0.3, -0.25) is 9.15 Å². The first-order valence-corrected chi connectivity index (χ1v) is 23.7. The van der Waals surface area contributed by atoms with E-state index in [2.05, 4.69) is 20.8 Å². The van der Waals surface area contributed by atoms with E-state index >= 15 is 0 Å². The Morgan fingerprint density at radius 3 is 1.02 bits per heavy atom. The summed E-state index contributed by atoms with van der Waals surface area (Å²) in [6.45, 7) is 7.08. The molecular formula is C36H72O2Si2. The summed E-state index contributed by atoms with van der Waals surface area (Å²) in [7, 11) is -3.99. The molecule has 0 saturated heterocycles. The third kappa shape index (κ3) is 10.8. The molecule has 236 valence electrons. The van der Waals surface area contributed by atoms with E-state index in [1.54, 1.807) is 0 Å². The fraction of sp³-hybridized carbons (Fsp3) is 1.00. The van der Waals surface area contributed by atoms with E-state index in [1.807, 2.05) is 0 Å². The monoisotopic (exact) mass is 593 g/mol. The van der Waals surface area contributed by atoms with E-state index in [-0.39, 0.29) is 0 Å². The predicted molar refractivity (Wildman–Crippen MR) is 181 cm³/mol. The molecule has 0 aromatic carbocycles. The lowest BCUT2D eigenvalue weighted by Crippen LogP contribution is -2.56. The van der Waals surface area contributed by atoms with Gasteiger partial charge in [-0.1, -0.05) is 194 Å². The van der Waals surface area contributed by atoms with Crippen molar-refractivity contribution < 1.29 is 9.15 Å². The minimum absolute atomic E-state index is 0.874. The van der Waals surface area contributed by atoms with Crippen molar-refractivity contribution in [3.05, 3.63) is 0 Å². The summed E-state index contributed by atoms with van der Waals surface area (Å²) in [6.07, 6.45) is 38.4. The topological polar surface area (TPSA) is 18.5 Å². The van der Waals surface area contributed by atoms with Crippen molar-refractivity contribution in [1.29, 1.82) is 0 Å². The zero-order valence-corrected chi connectivity index (χ0v) is 29.8. The summed E-state index contributed by atoms with van der Waals surface area (Å²) in [4.78, 5) is 0. The highest BCUT2D eigenvalue weighted by Gasteiger charge is 2.57. The van der Waals surface area contributed by atoms with Gasteiger partial charge in [0.2, 0.25) is 16.6 Å². The Morgan fingerprint density at radius 2 is 0.725 bits per heavy atom. The summed E-state index contributed by atoms with van der Waals surface area (Å²) in [5.74, 6) is 0. The molecule has 0 heterocycles. The van der Waals surface area contributed by atoms with Gasteiger partial charge < -0.3 is 0 Å². The van der Waals surface area contributed by atoms with Gasteiger partial charge in [-0.15, -0.1) is 0 Å². The molecule has 0 radical (unpaired) electrons. The van der Waals surface area contributed by atoms with Gasteiger partial charge in [0.15, 0.2) is 0 Å². The Bertz CT molecular complexity index is 531. The summed E-state index contributed by atoms with van der Waals surface area (Å²) in [5, 5.41) is 0. The van der Waals surface area contributed by atoms with Crippen molar-refractivity contribution in [3.63, 3.8) is 0 Å². The van der Waals surface area contributed by atoms with Crippen LogP contribution >= 0.6 is 0 Å². The van der Waals surface area contributed by atoms with Crippen molar-refractivity contribution in [2.45, 2.75) is 229 Å². The molecule has 4 heteroatoms. The quantitative estimate of drug-likeness (QED) is 0.0571. The maximum atomic E-state index is 7.69. The second-order valence-electron chi connectivity index (χ2n) is 14.6. The zero-order valence-electron chi connectivity index (χ0n) is 27.8. The molecule has 0 N–H and O–H groups in total. The molecule has 3 saturated carbocycles. The standard InChI is InChI=1S/C36H72O2Si2/c1-4-7-10-22-31-39(32-23-11-8-5-2,33-24-12-9-6-3)37-38-40(34-25-16-13-17-26-34,35-27-18-14-19-28-35)36-29-20-15-21-30-36/h34-36H,4-33H2,1-3H3. The van der Waals surface area contributed by atoms with Crippen LogP contribution in [0.4, 0.5) is 0 Å². The number of hydrogen-bond acceptors (Lipinski definition) is 2. The van der Waals surface area contributed by atoms with Crippen LogP contribution in [0.25, 0.3) is 0 Å². The normalized spacial score (nSPS) is 20.8. The van der Waals surface area contributed by atoms with E-state index in [9.17, 15) is 0 Å². The first-order chi connectivity index (χ1) is 19.7. The Balaban J connectivity index is 1.90. The lowest BCUT2D eigenvalue weighted by molar-refractivity contribution is -0.139. The van der Waals surface area contributed by atoms with Gasteiger partial charge >= 0.3 is 0 Å². The molecule has 3 aliphatic rings. The average Bonchev–Trinajstić information content (AvgIpc) is 3.01. The minimum atomic E-state index is -2.05. The first kappa shape index (κ1) is 34.8. The Hall–Kier alpha value is 0.354. The van der Waals surface area contributed by atoms with Crippen molar-refractivity contribution in [1.82, 2.24) is 0 Å². The highest BCUT2D eigenvalue weighted by molar-refractivity contribution is 6.79. The number of unbranched alkanes of at least 4 members (excludes halogenated alkanes) is 9. The number of hydrogen-bond donors (Lipinski definition) is 0. The van der Waals surface area contributed by atoms with E-state index in [4.69, 9.17) is 9.15 Å². The van der Waals surface area contributed by atoms with Gasteiger partial charge in [-0.05, 0) is 34.8 Å². The van der Waals surface area contributed by atoms with Crippen molar-refractivity contribution in [2.24, 2.45) is 0 Å². The summed E-state index contributed by atoms with van der Waals surface area (Å²) < 4.78 is 15.2. The smallest absolute Gasteiger partial charge is 0.246 e. The van der Waals surface area contributed by atoms with Crippen LogP contribution in [0.5, 0.6) is 0 Å². The third-order valence-corrected chi connectivity index (χ3v) is 21.9. The third-order valence-electron chi connectivity index (χ3n) is 11.6. The van der Waals surface area contributed by atoms with Crippen LogP contribution in [0.3, 0.4) is 0 Å². The molecule has 0 amide bonds. The highest BCUT2D eigenvalue weighted by Crippen LogP contribution is 2.57. The second-order valence-corrected chi connectivity index (χ2v) is 23.0. The molecule has 0 aromatic heterocycles. The van der Waals surface area contributed by atoms with Gasteiger partial charge in [0.05, 0.1) is 0 Å². The SMILES string of the molecule is CCCCCC[Si](CCCCCC)(CCCCCC)OO[Si](C1CCCCC1)(C1CCCCC1)C1CCCCC1. The van der Waals surface area contributed by atoms with Crippen molar-refractivity contribution >= 4 is 16.6 Å². The van der Waals surface area contributed by atoms with Gasteiger partial charge in [0, 0.05) is 0 Å².